The van der Waals surface area contributed by atoms with E-state index in [1.807, 2.05) is 55.5 Å². The Kier molecular flexibility index (Phi) is 5.64. The zero-order chi connectivity index (χ0) is 18.7. The van der Waals surface area contributed by atoms with E-state index in [-0.39, 0.29) is 5.91 Å². The molecular formula is C20H19NO3S2. The summed E-state index contributed by atoms with van der Waals surface area (Å²) in [4.78, 5) is 15.2. The fourth-order valence-corrected chi connectivity index (χ4v) is 4.03. The van der Waals surface area contributed by atoms with Crippen molar-refractivity contribution in [2.24, 2.45) is 0 Å². The highest BCUT2D eigenvalue weighted by Crippen LogP contribution is 2.39. The number of rotatable bonds is 5. The number of ether oxygens (including phenoxy) is 2. The van der Waals surface area contributed by atoms with Crippen molar-refractivity contribution in [3.63, 3.8) is 0 Å². The number of allylic oxidation sites excluding steroid dienone is 1. The van der Waals surface area contributed by atoms with Crippen LogP contribution in [0.1, 0.15) is 18.1 Å². The normalized spacial score (nSPS) is 16.0. The molecule has 1 saturated heterocycles. The Balaban J connectivity index is 1.91. The Morgan fingerprint density at radius 3 is 2.42 bits per heavy atom. The van der Waals surface area contributed by atoms with E-state index < -0.39 is 0 Å². The van der Waals surface area contributed by atoms with Crippen LogP contribution in [-0.2, 0) is 11.3 Å². The maximum atomic E-state index is 12.9. The summed E-state index contributed by atoms with van der Waals surface area (Å²) in [5, 5.41) is 0. The van der Waals surface area contributed by atoms with Crippen molar-refractivity contribution in [1.29, 1.82) is 0 Å². The molecule has 134 valence electrons. The SMILES string of the molecule is COc1ccc(/C(C)=C2/SC(=S)N(Cc3ccccc3)C2=O)cc1OC. The number of carbonyl (C=O) groups excluding carboxylic acids is 1. The number of hydrogen-bond acceptors (Lipinski definition) is 5. The molecule has 0 radical (unpaired) electrons. The van der Waals surface area contributed by atoms with E-state index >= 15 is 0 Å². The standard InChI is InChI=1S/C20H19NO3S2/c1-13(15-9-10-16(23-2)17(11-15)24-3)18-19(22)21(20(25)26-18)12-14-7-5-4-6-8-14/h4-11H,12H2,1-3H3/b18-13+. The average molecular weight is 386 g/mol. The first kappa shape index (κ1) is 18.5. The zero-order valence-electron chi connectivity index (χ0n) is 14.8. The molecule has 26 heavy (non-hydrogen) atoms. The second-order valence-electron chi connectivity index (χ2n) is 5.77. The molecule has 0 bridgehead atoms. The molecule has 6 heteroatoms. The van der Waals surface area contributed by atoms with Gasteiger partial charge in [0.15, 0.2) is 11.5 Å². The highest BCUT2D eigenvalue weighted by atomic mass is 32.2. The molecule has 0 aromatic heterocycles. The number of carbonyl (C=O) groups is 1. The first-order valence-electron chi connectivity index (χ1n) is 8.06. The third kappa shape index (κ3) is 3.61. The first-order valence-corrected chi connectivity index (χ1v) is 9.28. The van der Waals surface area contributed by atoms with Crippen LogP contribution in [0.25, 0.3) is 5.57 Å². The molecule has 3 rings (SSSR count). The van der Waals surface area contributed by atoms with Gasteiger partial charge in [0.05, 0.1) is 25.7 Å². The molecule has 4 nitrogen and oxygen atoms in total. The van der Waals surface area contributed by atoms with Gasteiger partial charge in [-0.1, -0.05) is 60.4 Å². The molecule has 0 N–H and O–H groups in total. The molecular weight excluding hydrogens is 366 g/mol. The Morgan fingerprint density at radius 2 is 1.77 bits per heavy atom. The van der Waals surface area contributed by atoms with Crippen molar-refractivity contribution in [3.8, 4) is 11.5 Å². The van der Waals surface area contributed by atoms with Gasteiger partial charge in [0.1, 0.15) is 4.32 Å². The van der Waals surface area contributed by atoms with Crippen LogP contribution in [-0.4, -0.2) is 29.3 Å². The summed E-state index contributed by atoms with van der Waals surface area (Å²) in [6.07, 6.45) is 0. The van der Waals surface area contributed by atoms with E-state index in [1.165, 1.54) is 11.8 Å². The zero-order valence-corrected chi connectivity index (χ0v) is 16.4. The first-order chi connectivity index (χ1) is 12.5. The molecule has 2 aromatic rings. The molecule has 1 aliphatic rings. The smallest absolute Gasteiger partial charge is 0.266 e. The maximum absolute atomic E-state index is 12.9. The molecule has 1 amide bonds. The largest absolute Gasteiger partial charge is 0.493 e. The number of thiocarbonyl (C=S) groups is 1. The van der Waals surface area contributed by atoms with Gasteiger partial charge in [-0.05, 0) is 35.8 Å². The Bertz CT molecular complexity index is 878. The van der Waals surface area contributed by atoms with Crippen LogP contribution >= 0.6 is 24.0 Å². The summed E-state index contributed by atoms with van der Waals surface area (Å²) in [6.45, 7) is 2.41. The molecule has 0 unspecified atom stereocenters. The number of methoxy groups -OCH3 is 2. The van der Waals surface area contributed by atoms with Gasteiger partial charge in [0.2, 0.25) is 0 Å². The Hall–Kier alpha value is -2.31. The second-order valence-corrected chi connectivity index (χ2v) is 7.41. The van der Waals surface area contributed by atoms with E-state index in [4.69, 9.17) is 21.7 Å². The van der Waals surface area contributed by atoms with Crippen molar-refractivity contribution in [3.05, 3.63) is 64.6 Å². The molecule has 0 saturated carbocycles. The van der Waals surface area contributed by atoms with Gasteiger partial charge in [-0.3, -0.25) is 9.69 Å². The summed E-state index contributed by atoms with van der Waals surface area (Å²) in [7, 11) is 3.19. The van der Waals surface area contributed by atoms with E-state index in [0.717, 1.165) is 16.7 Å². The van der Waals surface area contributed by atoms with Crippen molar-refractivity contribution < 1.29 is 14.3 Å². The van der Waals surface area contributed by atoms with Crippen LogP contribution in [0.2, 0.25) is 0 Å². The van der Waals surface area contributed by atoms with E-state index in [9.17, 15) is 4.79 Å². The predicted octanol–water partition coefficient (Wildman–Crippen LogP) is 4.50. The molecule has 2 aromatic carbocycles. The predicted molar refractivity (Wildman–Crippen MR) is 109 cm³/mol. The molecule has 1 heterocycles. The van der Waals surface area contributed by atoms with Gasteiger partial charge in [-0.25, -0.2) is 0 Å². The monoisotopic (exact) mass is 385 g/mol. The van der Waals surface area contributed by atoms with Gasteiger partial charge < -0.3 is 9.47 Å². The van der Waals surface area contributed by atoms with Crippen molar-refractivity contribution >= 4 is 39.8 Å². The lowest BCUT2D eigenvalue weighted by molar-refractivity contribution is -0.122. The molecule has 0 atom stereocenters. The third-order valence-corrected chi connectivity index (χ3v) is 5.74. The van der Waals surface area contributed by atoms with Gasteiger partial charge >= 0.3 is 0 Å². The average Bonchev–Trinajstić information content (AvgIpc) is 2.95. The van der Waals surface area contributed by atoms with Crippen LogP contribution < -0.4 is 9.47 Å². The van der Waals surface area contributed by atoms with E-state index in [1.54, 1.807) is 19.1 Å². The number of nitrogens with zero attached hydrogens (tertiary/aromatic N) is 1. The number of benzene rings is 2. The molecule has 1 aliphatic heterocycles. The molecule has 1 fully saturated rings. The lowest BCUT2D eigenvalue weighted by Gasteiger charge is -2.14. The van der Waals surface area contributed by atoms with Gasteiger partial charge in [0.25, 0.3) is 5.91 Å². The summed E-state index contributed by atoms with van der Waals surface area (Å²) in [5.41, 5.74) is 2.83. The molecule has 0 spiro atoms. The van der Waals surface area contributed by atoms with Crippen molar-refractivity contribution in [2.45, 2.75) is 13.5 Å². The van der Waals surface area contributed by atoms with Crippen LogP contribution in [0, 0.1) is 0 Å². The fourth-order valence-electron chi connectivity index (χ4n) is 2.73. The maximum Gasteiger partial charge on any atom is 0.266 e. The summed E-state index contributed by atoms with van der Waals surface area (Å²) >= 11 is 6.78. The lowest BCUT2D eigenvalue weighted by atomic mass is 10.1. The van der Waals surface area contributed by atoms with Crippen LogP contribution in [0.4, 0.5) is 0 Å². The quantitative estimate of drug-likeness (QED) is 0.560. The summed E-state index contributed by atoms with van der Waals surface area (Å²) in [5.74, 6) is 1.22. The minimum atomic E-state index is -0.0591. The van der Waals surface area contributed by atoms with Gasteiger partial charge in [-0.2, -0.15) is 0 Å². The van der Waals surface area contributed by atoms with E-state index in [0.29, 0.717) is 27.3 Å². The highest BCUT2D eigenvalue weighted by Gasteiger charge is 2.33. The van der Waals surface area contributed by atoms with Crippen molar-refractivity contribution in [1.82, 2.24) is 4.90 Å². The Labute approximate surface area is 162 Å². The van der Waals surface area contributed by atoms with Crippen LogP contribution in [0.15, 0.2) is 53.4 Å². The van der Waals surface area contributed by atoms with Crippen LogP contribution in [0.5, 0.6) is 11.5 Å². The lowest BCUT2D eigenvalue weighted by Crippen LogP contribution is -2.27. The Morgan fingerprint density at radius 1 is 1.08 bits per heavy atom. The van der Waals surface area contributed by atoms with Crippen molar-refractivity contribution in [2.75, 3.05) is 14.2 Å². The van der Waals surface area contributed by atoms with Gasteiger partial charge in [-0.15, -0.1) is 0 Å². The number of hydrogen-bond donors (Lipinski definition) is 0. The van der Waals surface area contributed by atoms with E-state index in [2.05, 4.69) is 0 Å². The number of thioether (sulfide) groups is 1. The molecule has 0 aliphatic carbocycles. The second kappa shape index (κ2) is 7.93. The van der Waals surface area contributed by atoms with Crippen LogP contribution in [0.3, 0.4) is 0 Å². The third-order valence-electron chi connectivity index (χ3n) is 4.19. The summed E-state index contributed by atoms with van der Waals surface area (Å²) < 4.78 is 11.2. The topological polar surface area (TPSA) is 38.8 Å². The minimum Gasteiger partial charge on any atom is -0.493 e. The summed E-state index contributed by atoms with van der Waals surface area (Å²) in [6, 6.07) is 15.5. The minimum absolute atomic E-state index is 0.0591. The number of amides is 1. The fraction of sp³-hybridized carbons (Fsp3) is 0.200. The van der Waals surface area contributed by atoms with Gasteiger partial charge in [0, 0.05) is 0 Å². The highest BCUT2D eigenvalue weighted by molar-refractivity contribution is 8.26.